The summed E-state index contributed by atoms with van der Waals surface area (Å²) in [6.07, 6.45) is 4.11. The molecule has 0 aliphatic carbocycles. The summed E-state index contributed by atoms with van der Waals surface area (Å²) in [5.74, 6) is 0. The summed E-state index contributed by atoms with van der Waals surface area (Å²) in [6.45, 7) is 0.137. The molecule has 0 aliphatic heterocycles. The van der Waals surface area contributed by atoms with Gasteiger partial charge in [-0.3, -0.25) is 0 Å². The highest BCUT2D eigenvalue weighted by atomic mass is 33.1. The molecule has 0 aliphatic rings. The minimum absolute atomic E-state index is 0.137. The Labute approximate surface area is 124 Å². The number of hydrogen-bond donors (Lipinski definition) is 2. The van der Waals surface area contributed by atoms with Gasteiger partial charge in [-0.25, -0.2) is 9.97 Å². The summed E-state index contributed by atoms with van der Waals surface area (Å²) < 4.78 is 0. The van der Waals surface area contributed by atoms with Crippen molar-refractivity contribution in [1.29, 1.82) is 0 Å². The van der Waals surface area contributed by atoms with Crippen LogP contribution in [-0.2, 0) is 6.42 Å². The third-order valence-corrected chi connectivity index (χ3v) is 5.19. The molecule has 20 heavy (non-hydrogen) atoms. The van der Waals surface area contributed by atoms with Crippen molar-refractivity contribution in [3.63, 3.8) is 0 Å². The van der Waals surface area contributed by atoms with Crippen LogP contribution in [0.15, 0.2) is 52.8 Å². The Bertz CT molecular complexity index is 700. The van der Waals surface area contributed by atoms with E-state index in [2.05, 4.69) is 21.0 Å². The van der Waals surface area contributed by atoms with E-state index < -0.39 is 0 Å². The molecule has 0 saturated carbocycles. The zero-order valence-electron chi connectivity index (χ0n) is 10.6. The fraction of sp³-hybridized carbons (Fsp3) is 0.143. The molecule has 3 aromatic rings. The van der Waals surface area contributed by atoms with Crippen molar-refractivity contribution in [2.75, 3.05) is 6.61 Å². The van der Waals surface area contributed by atoms with Crippen LogP contribution < -0.4 is 0 Å². The SMILES string of the molecule is OCCc1cc2nc[nH]c2cc1SSc1ccccn1. The Kier molecular flexibility index (Phi) is 4.25. The molecule has 0 amide bonds. The Morgan fingerprint density at radius 1 is 1.15 bits per heavy atom. The summed E-state index contributed by atoms with van der Waals surface area (Å²) in [4.78, 5) is 12.8. The van der Waals surface area contributed by atoms with Crippen LogP contribution in [0, 0.1) is 0 Å². The van der Waals surface area contributed by atoms with Crippen molar-refractivity contribution in [2.45, 2.75) is 16.3 Å². The van der Waals surface area contributed by atoms with E-state index in [9.17, 15) is 5.11 Å². The first-order chi connectivity index (χ1) is 9.86. The quantitative estimate of drug-likeness (QED) is 0.708. The molecule has 0 saturated heterocycles. The highest BCUT2D eigenvalue weighted by Gasteiger charge is 2.08. The molecule has 4 nitrogen and oxygen atoms in total. The first-order valence-corrected chi connectivity index (χ1v) is 8.34. The van der Waals surface area contributed by atoms with E-state index >= 15 is 0 Å². The number of nitrogens with zero attached hydrogens (tertiary/aromatic N) is 2. The van der Waals surface area contributed by atoms with Gasteiger partial charge in [-0.05, 0) is 47.0 Å². The van der Waals surface area contributed by atoms with Gasteiger partial charge in [0.15, 0.2) is 0 Å². The molecule has 0 bridgehead atoms. The molecule has 102 valence electrons. The molecule has 0 spiro atoms. The topological polar surface area (TPSA) is 61.8 Å². The maximum Gasteiger partial charge on any atom is 0.107 e. The van der Waals surface area contributed by atoms with Gasteiger partial charge in [0.25, 0.3) is 0 Å². The number of pyridine rings is 1. The predicted molar refractivity (Wildman–Crippen MR) is 82.8 cm³/mol. The van der Waals surface area contributed by atoms with E-state index in [0.717, 1.165) is 26.5 Å². The van der Waals surface area contributed by atoms with E-state index in [0.29, 0.717) is 6.42 Å². The largest absolute Gasteiger partial charge is 0.396 e. The molecule has 0 unspecified atom stereocenters. The van der Waals surface area contributed by atoms with Gasteiger partial charge in [-0.1, -0.05) is 16.9 Å². The van der Waals surface area contributed by atoms with Crippen molar-refractivity contribution in [3.8, 4) is 0 Å². The Morgan fingerprint density at radius 2 is 2.10 bits per heavy atom. The molecular formula is C14H13N3OS2. The van der Waals surface area contributed by atoms with Crippen LogP contribution in [0.4, 0.5) is 0 Å². The molecule has 0 atom stereocenters. The molecule has 2 aromatic heterocycles. The third-order valence-electron chi connectivity index (χ3n) is 2.84. The maximum absolute atomic E-state index is 9.20. The lowest BCUT2D eigenvalue weighted by molar-refractivity contribution is 0.299. The summed E-state index contributed by atoms with van der Waals surface area (Å²) in [5, 5.41) is 10.2. The van der Waals surface area contributed by atoms with Crippen molar-refractivity contribution >= 4 is 32.6 Å². The highest BCUT2D eigenvalue weighted by Crippen LogP contribution is 2.39. The summed E-state index contributed by atoms with van der Waals surface area (Å²) in [7, 11) is 3.27. The number of nitrogens with one attached hydrogen (secondary N) is 1. The highest BCUT2D eigenvalue weighted by molar-refractivity contribution is 8.76. The standard InChI is InChI=1S/C14H13N3OS2/c18-6-4-10-7-11-12(17-9-16-11)8-13(10)19-20-14-3-1-2-5-15-14/h1-3,5,7-9,18H,4,6H2,(H,16,17). The van der Waals surface area contributed by atoms with Crippen LogP contribution in [0.1, 0.15) is 5.56 Å². The lowest BCUT2D eigenvalue weighted by Crippen LogP contribution is -1.93. The number of imidazole rings is 1. The molecule has 0 fully saturated rings. The van der Waals surface area contributed by atoms with Crippen molar-refractivity contribution < 1.29 is 5.11 Å². The Balaban J connectivity index is 1.86. The van der Waals surface area contributed by atoms with E-state index in [-0.39, 0.29) is 6.61 Å². The van der Waals surface area contributed by atoms with Gasteiger partial charge < -0.3 is 10.1 Å². The number of aromatic amines is 1. The number of H-pyrrole nitrogens is 1. The summed E-state index contributed by atoms with van der Waals surface area (Å²) >= 11 is 0. The number of fused-ring (bicyclic) bond motifs is 1. The van der Waals surface area contributed by atoms with Crippen molar-refractivity contribution in [1.82, 2.24) is 15.0 Å². The van der Waals surface area contributed by atoms with E-state index in [4.69, 9.17) is 0 Å². The van der Waals surface area contributed by atoms with Crippen LogP contribution in [0.25, 0.3) is 11.0 Å². The van der Waals surface area contributed by atoms with Crippen LogP contribution in [-0.4, -0.2) is 26.7 Å². The number of rotatable bonds is 5. The fourth-order valence-electron chi connectivity index (χ4n) is 1.88. The van der Waals surface area contributed by atoms with E-state index in [1.165, 1.54) is 0 Å². The summed E-state index contributed by atoms with van der Waals surface area (Å²) in [5.41, 5.74) is 3.05. The minimum atomic E-state index is 0.137. The molecule has 6 heteroatoms. The fourth-order valence-corrected chi connectivity index (χ4v) is 4.02. The first-order valence-electron chi connectivity index (χ1n) is 6.19. The third kappa shape index (κ3) is 2.98. The number of aliphatic hydroxyl groups excluding tert-OH is 1. The van der Waals surface area contributed by atoms with Gasteiger partial charge in [-0.15, -0.1) is 0 Å². The maximum atomic E-state index is 9.20. The molecule has 2 heterocycles. The molecule has 3 rings (SSSR count). The van der Waals surface area contributed by atoms with Gasteiger partial charge in [-0.2, -0.15) is 0 Å². The van der Waals surface area contributed by atoms with Crippen molar-refractivity contribution in [2.24, 2.45) is 0 Å². The second-order valence-corrected chi connectivity index (χ2v) is 6.38. The van der Waals surface area contributed by atoms with E-state index in [1.54, 1.807) is 34.1 Å². The Morgan fingerprint density at radius 3 is 2.90 bits per heavy atom. The second-order valence-electron chi connectivity index (χ2n) is 4.19. The van der Waals surface area contributed by atoms with Gasteiger partial charge in [0.1, 0.15) is 5.03 Å². The normalized spacial score (nSPS) is 11.1. The average Bonchev–Trinajstić information content (AvgIpc) is 2.93. The van der Waals surface area contributed by atoms with Crippen molar-refractivity contribution in [3.05, 3.63) is 48.4 Å². The molecular weight excluding hydrogens is 290 g/mol. The number of aromatic nitrogens is 3. The monoisotopic (exact) mass is 303 g/mol. The molecule has 2 N–H and O–H groups in total. The van der Waals surface area contributed by atoms with Gasteiger partial charge in [0.2, 0.25) is 0 Å². The molecule has 0 radical (unpaired) electrons. The molecule has 1 aromatic carbocycles. The smallest absolute Gasteiger partial charge is 0.107 e. The van der Waals surface area contributed by atoms with Crippen LogP contribution in [0.2, 0.25) is 0 Å². The number of hydrogen-bond acceptors (Lipinski definition) is 5. The van der Waals surface area contributed by atoms with Crippen LogP contribution >= 0.6 is 21.6 Å². The van der Waals surface area contributed by atoms with Gasteiger partial charge in [0.05, 0.1) is 17.4 Å². The van der Waals surface area contributed by atoms with Gasteiger partial charge >= 0.3 is 0 Å². The zero-order valence-corrected chi connectivity index (χ0v) is 12.2. The summed E-state index contributed by atoms with van der Waals surface area (Å²) in [6, 6.07) is 9.97. The minimum Gasteiger partial charge on any atom is -0.396 e. The van der Waals surface area contributed by atoms with Crippen LogP contribution in [0.5, 0.6) is 0 Å². The van der Waals surface area contributed by atoms with Crippen LogP contribution in [0.3, 0.4) is 0 Å². The Hall–Kier alpha value is -1.50. The second kappa shape index (κ2) is 6.30. The predicted octanol–water partition coefficient (Wildman–Crippen LogP) is 3.29. The van der Waals surface area contributed by atoms with E-state index in [1.807, 2.05) is 24.3 Å². The zero-order chi connectivity index (χ0) is 13.8. The lowest BCUT2D eigenvalue weighted by atomic mass is 10.1. The first kappa shape index (κ1) is 13.5. The average molecular weight is 303 g/mol. The van der Waals surface area contributed by atoms with Gasteiger partial charge in [0, 0.05) is 17.7 Å². The number of aliphatic hydroxyl groups is 1. The lowest BCUT2D eigenvalue weighted by Gasteiger charge is -2.07. The number of benzene rings is 1.